The molecule has 3 N–H and O–H groups in total. The van der Waals surface area contributed by atoms with Gasteiger partial charge in [0, 0.05) is 6.07 Å². The minimum Gasteiger partial charge on any atom is -0.478 e. The summed E-state index contributed by atoms with van der Waals surface area (Å²) in [5.74, 6) is -0.773. The number of hydrogen-bond acceptors (Lipinski definition) is 6. The maximum atomic E-state index is 11.6. The molecule has 0 saturated heterocycles. The molecule has 3 aromatic rings. The fourth-order valence-electron chi connectivity index (χ4n) is 3.69. The van der Waals surface area contributed by atoms with Gasteiger partial charge in [0.15, 0.2) is 11.5 Å². The van der Waals surface area contributed by atoms with Crippen LogP contribution in [0.5, 0.6) is 11.5 Å². The highest BCUT2D eigenvalue weighted by atomic mass is 16.6. The van der Waals surface area contributed by atoms with E-state index in [1.54, 1.807) is 12.1 Å². The van der Waals surface area contributed by atoms with Crippen LogP contribution in [-0.4, -0.2) is 21.1 Å². The molecule has 1 unspecified atom stereocenters. The quantitative estimate of drug-likeness (QED) is 0.273. The summed E-state index contributed by atoms with van der Waals surface area (Å²) in [6.45, 7) is 4.04. The lowest BCUT2D eigenvalue weighted by molar-refractivity contribution is -0.384. The number of carbonyl (C=O) groups is 1. The Hall–Kier alpha value is -3.91. The van der Waals surface area contributed by atoms with Crippen LogP contribution in [0.15, 0.2) is 48.5 Å². The number of carboxylic acid groups (broad SMARTS) is 1. The molecule has 8 heteroatoms. The van der Waals surface area contributed by atoms with Crippen molar-refractivity contribution in [2.45, 2.75) is 32.8 Å². The number of fused-ring (bicyclic) bond motifs is 2. The second-order valence-corrected chi connectivity index (χ2v) is 7.88. The van der Waals surface area contributed by atoms with Crippen LogP contribution in [0.3, 0.4) is 0 Å². The fourth-order valence-corrected chi connectivity index (χ4v) is 3.69. The Morgan fingerprint density at radius 2 is 1.88 bits per heavy atom. The zero-order chi connectivity index (χ0) is 23.0. The molecule has 0 fully saturated rings. The van der Waals surface area contributed by atoms with Crippen LogP contribution in [0, 0.1) is 24.0 Å². The number of ether oxygens (including phenoxy) is 1. The number of nitro benzene ring substituents is 1. The van der Waals surface area contributed by atoms with Crippen molar-refractivity contribution >= 4 is 23.0 Å². The monoisotopic (exact) mass is 434 g/mol. The lowest BCUT2D eigenvalue weighted by atomic mass is 9.98. The van der Waals surface area contributed by atoms with E-state index in [0.717, 1.165) is 22.8 Å². The number of carboxylic acids is 1. The molecule has 0 aliphatic carbocycles. The molecular weight excluding hydrogens is 412 g/mol. The summed E-state index contributed by atoms with van der Waals surface area (Å²) in [5, 5.41) is 34.2. The molecule has 0 bridgehead atoms. The maximum Gasteiger partial charge on any atom is 0.338 e. The largest absolute Gasteiger partial charge is 0.478 e. The Balaban J connectivity index is 1.54. The van der Waals surface area contributed by atoms with Gasteiger partial charge in [0.05, 0.1) is 34.0 Å². The van der Waals surface area contributed by atoms with Crippen LogP contribution in [0.25, 0.3) is 0 Å². The third kappa shape index (κ3) is 4.13. The standard InChI is InChI=1S/C24H22N2O6/c1-13-3-6-16(9-14(13)2)20(27)8-5-15-4-7-19-21(10-15)32-22-12-17(26(30)31)11-18(24(28)29)23(22)25-19/h3-4,6-7,9-12,20,25,27H,5,8H2,1-2H3,(H,28,29). The number of nitro groups is 1. The van der Waals surface area contributed by atoms with Crippen molar-refractivity contribution in [2.75, 3.05) is 5.32 Å². The first kappa shape index (κ1) is 21.3. The number of non-ortho nitro benzene ring substituents is 1. The summed E-state index contributed by atoms with van der Waals surface area (Å²) in [6.07, 6.45) is 0.498. The predicted molar refractivity (Wildman–Crippen MR) is 119 cm³/mol. The van der Waals surface area contributed by atoms with Gasteiger partial charge in [0.2, 0.25) is 0 Å². The van der Waals surface area contributed by atoms with Gasteiger partial charge in [-0.1, -0.05) is 24.3 Å². The average Bonchev–Trinajstić information content (AvgIpc) is 2.76. The molecule has 32 heavy (non-hydrogen) atoms. The minimum absolute atomic E-state index is 0.0800. The van der Waals surface area contributed by atoms with Gasteiger partial charge in [-0.25, -0.2) is 4.79 Å². The number of aromatic carboxylic acids is 1. The number of nitrogens with zero attached hydrogens (tertiary/aromatic N) is 1. The summed E-state index contributed by atoms with van der Waals surface area (Å²) in [7, 11) is 0. The van der Waals surface area contributed by atoms with E-state index in [1.807, 2.05) is 38.1 Å². The lowest BCUT2D eigenvalue weighted by Gasteiger charge is -2.23. The first-order valence-electron chi connectivity index (χ1n) is 10.1. The Morgan fingerprint density at radius 1 is 1.09 bits per heavy atom. The number of nitrogens with one attached hydrogen (secondary N) is 1. The summed E-state index contributed by atoms with van der Waals surface area (Å²) < 4.78 is 5.83. The SMILES string of the molecule is Cc1ccc(C(O)CCc2ccc3c(c2)Oc2cc([N+](=O)[O-])cc(C(=O)O)c2N3)cc1C. The number of rotatable bonds is 6. The van der Waals surface area contributed by atoms with Crippen molar-refractivity contribution in [3.05, 3.63) is 86.5 Å². The smallest absolute Gasteiger partial charge is 0.338 e. The molecule has 0 aromatic heterocycles. The van der Waals surface area contributed by atoms with Crippen LogP contribution in [-0.2, 0) is 6.42 Å². The first-order valence-corrected chi connectivity index (χ1v) is 10.1. The molecule has 1 atom stereocenters. The lowest BCUT2D eigenvalue weighted by Crippen LogP contribution is -2.10. The molecule has 4 rings (SSSR count). The average molecular weight is 434 g/mol. The zero-order valence-corrected chi connectivity index (χ0v) is 17.6. The number of anilines is 2. The van der Waals surface area contributed by atoms with E-state index in [0.29, 0.717) is 24.3 Å². The normalized spacial score (nSPS) is 12.7. The molecule has 1 aliphatic heterocycles. The highest BCUT2D eigenvalue weighted by molar-refractivity contribution is 5.99. The van der Waals surface area contributed by atoms with E-state index >= 15 is 0 Å². The second kappa shape index (κ2) is 8.32. The number of benzene rings is 3. The molecule has 0 spiro atoms. The van der Waals surface area contributed by atoms with Gasteiger partial charge in [-0.3, -0.25) is 10.1 Å². The highest BCUT2D eigenvalue weighted by Crippen LogP contribution is 2.46. The van der Waals surface area contributed by atoms with Gasteiger partial charge in [-0.2, -0.15) is 0 Å². The predicted octanol–water partition coefficient (Wildman–Crippen LogP) is 5.43. The summed E-state index contributed by atoms with van der Waals surface area (Å²) in [5.41, 5.74) is 4.22. The number of aryl methyl sites for hydroxylation is 3. The minimum atomic E-state index is -1.29. The first-order chi connectivity index (χ1) is 15.2. The van der Waals surface area contributed by atoms with Crippen molar-refractivity contribution in [2.24, 2.45) is 0 Å². The molecule has 3 aromatic carbocycles. The third-order valence-corrected chi connectivity index (χ3v) is 5.68. The van der Waals surface area contributed by atoms with Gasteiger partial charge < -0.3 is 20.3 Å². The molecule has 164 valence electrons. The number of aliphatic hydroxyl groups is 1. The van der Waals surface area contributed by atoms with Crippen molar-refractivity contribution in [3.8, 4) is 11.5 Å². The van der Waals surface area contributed by atoms with Crippen LogP contribution < -0.4 is 10.1 Å². The maximum absolute atomic E-state index is 11.6. The number of aliphatic hydroxyl groups excluding tert-OH is 1. The Kier molecular flexibility index (Phi) is 5.54. The van der Waals surface area contributed by atoms with Gasteiger partial charge >= 0.3 is 5.97 Å². The molecular formula is C24H22N2O6. The second-order valence-electron chi connectivity index (χ2n) is 7.88. The molecule has 0 saturated carbocycles. The van der Waals surface area contributed by atoms with E-state index < -0.39 is 17.0 Å². The van der Waals surface area contributed by atoms with Crippen LogP contribution >= 0.6 is 0 Å². The zero-order valence-electron chi connectivity index (χ0n) is 17.6. The van der Waals surface area contributed by atoms with Gasteiger partial charge in [0.1, 0.15) is 0 Å². The molecule has 1 aliphatic rings. The Bertz CT molecular complexity index is 1240. The van der Waals surface area contributed by atoms with Crippen molar-refractivity contribution in [1.29, 1.82) is 0 Å². The molecule has 8 nitrogen and oxygen atoms in total. The fraction of sp³-hybridized carbons (Fsp3) is 0.208. The van der Waals surface area contributed by atoms with Crippen LogP contribution in [0.1, 0.15) is 45.1 Å². The summed E-state index contributed by atoms with van der Waals surface area (Å²) >= 11 is 0. The third-order valence-electron chi connectivity index (χ3n) is 5.68. The van der Waals surface area contributed by atoms with Crippen LogP contribution in [0.4, 0.5) is 17.1 Å². The molecule has 1 heterocycles. The van der Waals surface area contributed by atoms with Crippen molar-refractivity contribution < 1.29 is 24.7 Å². The van der Waals surface area contributed by atoms with E-state index in [4.69, 9.17) is 4.74 Å². The van der Waals surface area contributed by atoms with Crippen molar-refractivity contribution in [3.63, 3.8) is 0 Å². The Morgan fingerprint density at radius 3 is 2.56 bits per heavy atom. The highest BCUT2D eigenvalue weighted by Gasteiger charge is 2.27. The summed E-state index contributed by atoms with van der Waals surface area (Å²) in [6, 6.07) is 13.5. The molecule has 0 amide bonds. The van der Waals surface area contributed by atoms with E-state index in [2.05, 4.69) is 5.32 Å². The topological polar surface area (TPSA) is 122 Å². The van der Waals surface area contributed by atoms with Gasteiger partial charge in [-0.15, -0.1) is 0 Å². The number of hydrogen-bond donors (Lipinski definition) is 3. The van der Waals surface area contributed by atoms with E-state index in [1.165, 1.54) is 11.6 Å². The van der Waals surface area contributed by atoms with E-state index in [-0.39, 0.29) is 22.7 Å². The van der Waals surface area contributed by atoms with Gasteiger partial charge in [0.25, 0.3) is 5.69 Å². The summed E-state index contributed by atoms with van der Waals surface area (Å²) in [4.78, 5) is 22.1. The Labute approximate surface area is 184 Å². The van der Waals surface area contributed by atoms with Crippen molar-refractivity contribution in [1.82, 2.24) is 0 Å². The van der Waals surface area contributed by atoms with Crippen LogP contribution in [0.2, 0.25) is 0 Å². The van der Waals surface area contributed by atoms with Gasteiger partial charge in [-0.05, 0) is 61.1 Å². The molecule has 0 radical (unpaired) electrons. The van der Waals surface area contributed by atoms with E-state index in [9.17, 15) is 25.1 Å².